The van der Waals surface area contributed by atoms with Crippen LogP contribution in [-0.2, 0) is 0 Å². The molecule has 0 aliphatic heterocycles. The number of halogens is 2. The highest BCUT2D eigenvalue weighted by Gasteiger charge is 2.26. The summed E-state index contributed by atoms with van der Waals surface area (Å²) >= 11 is 11.5. The summed E-state index contributed by atoms with van der Waals surface area (Å²) in [6.07, 6.45) is 3.80. The summed E-state index contributed by atoms with van der Waals surface area (Å²) in [6.45, 7) is 0. The van der Waals surface area contributed by atoms with Gasteiger partial charge in [-0.05, 0) is 6.08 Å². The third kappa shape index (κ3) is 1.45. The first-order valence-corrected chi connectivity index (χ1v) is 3.59. The first-order chi connectivity index (χ1) is 4.52. The average molecular weight is 179 g/mol. The molecule has 2 nitrogen and oxygen atoms in total. The fourth-order valence-electron chi connectivity index (χ4n) is 0.689. The SMILES string of the molecule is NC1=CCC(N)(Cl)C(Cl)=C1. The van der Waals surface area contributed by atoms with Gasteiger partial charge in [0.15, 0.2) is 0 Å². The third-order valence-electron chi connectivity index (χ3n) is 1.33. The summed E-state index contributed by atoms with van der Waals surface area (Å²) in [5.74, 6) is 0. The zero-order valence-corrected chi connectivity index (χ0v) is 6.78. The van der Waals surface area contributed by atoms with Crippen LogP contribution < -0.4 is 11.5 Å². The van der Waals surface area contributed by atoms with Crippen LogP contribution in [0.4, 0.5) is 0 Å². The first kappa shape index (κ1) is 7.92. The molecule has 4 heteroatoms. The molecular formula is C6H8Cl2N2. The second-order valence-corrected chi connectivity index (χ2v) is 3.34. The van der Waals surface area contributed by atoms with Crippen LogP contribution >= 0.6 is 23.2 Å². The van der Waals surface area contributed by atoms with Crippen molar-refractivity contribution in [1.82, 2.24) is 0 Å². The summed E-state index contributed by atoms with van der Waals surface area (Å²) in [4.78, 5) is -0.940. The van der Waals surface area contributed by atoms with Gasteiger partial charge in [0.1, 0.15) is 5.00 Å². The lowest BCUT2D eigenvalue weighted by atomic mass is 10.1. The molecule has 1 atom stereocenters. The molecule has 0 amide bonds. The lowest BCUT2D eigenvalue weighted by Gasteiger charge is -2.22. The van der Waals surface area contributed by atoms with Crippen LogP contribution in [0.1, 0.15) is 6.42 Å². The third-order valence-corrected chi connectivity index (χ3v) is 2.23. The summed E-state index contributed by atoms with van der Waals surface area (Å²) in [5.41, 5.74) is 11.6. The second kappa shape index (κ2) is 2.46. The number of hydrogen-bond donors (Lipinski definition) is 2. The normalized spacial score (nSPS) is 33.1. The topological polar surface area (TPSA) is 52.0 Å². The fourth-order valence-corrected chi connectivity index (χ4v) is 1.02. The Kier molecular flexibility index (Phi) is 1.95. The van der Waals surface area contributed by atoms with Crippen molar-refractivity contribution in [2.24, 2.45) is 11.5 Å². The molecule has 1 rings (SSSR count). The van der Waals surface area contributed by atoms with Crippen LogP contribution in [0.25, 0.3) is 0 Å². The van der Waals surface area contributed by atoms with E-state index in [1.165, 1.54) is 0 Å². The monoisotopic (exact) mass is 178 g/mol. The molecule has 1 aliphatic rings. The van der Waals surface area contributed by atoms with E-state index in [0.29, 0.717) is 17.2 Å². The smallest absolute Gasteiger partial charge is 0.131 e. The van der Waals surface area contributed by atoms with Crippen LogP contribution in [0, 0.1) is 0 Å². The summed E-state index contributed by atoms with van der Waals surface area (Å²) in [7, 11) is 0. The van der Waals surface area contributed by atoms with E-state index in [1.54, 1.807) is 12.2 Å². The largest absolute Gasteiger partial charge is 0.399 e. The molecule has 10 heavy (non-hydrogen) atoms. The molecule has 0 spiro atoms. The minimum Gasteiger partial charge on any atom is -0.399 e. The van der Waals surface area contributed by atoms with Gasteiger partial charge in [-0.3, -0.25) is 0 Å². The molecule has 0 saturated carbocycles. The van der Waals surface area contributed by atoms with Crippen LogP contribution in [0.3, 0.4) is 0 Å². The molecule has 0 radical (unpaired) electrons. The molecule has 1 unspecified atom stereocenters. The van der Waals surface area contributed by atoms with Gasteiger partial charge in [-0.15, -0.1) is 0 Å². The number of nitrogens with two attached hydrogens (primary N) is 2. The molecule has 0 saturated heterocycles. The van der Waals surface area contributed by atoms with Crippen molar-refractivity contribution in [3.63, 3.8) is 0 Å². The Morgan fingerprint density at radius 2 is 2.20 bits per heavy atom. The Morgan fingerprint density at radius 1 is 1.60 bits per heavy atom. The zero-order chi connectivity index (χ0) is 7.78. The van der Waals surface area contributed by atoms with E-state index in [9.17, 15) is 0 Å². The standard InChI is InChI=1S/C6H8Cl2N2/c7-5-3-4(9)1-2-6(5,8)10/h1,3H,2,9-10H2. The highest BCUT2D eigenvalue weighted by Crippen LogP contribution is 2.30. The van der Waals surface area contributed by atoms with Gasteiger partial charge >= 0.3 is 0 Å². The lowest BCUT2D eigenvalue weighted by molar-refractivity contribution is 0.721. The molecule has 56 valence electrons. The van der Waals surface area contributed by atoms with Crippen molar-refractivity contribution in [3.8, 4) is 0 Å². The highest BCUT2D eigenvalue weighted by atomic mass is 35.5. The van der Waals surface area contributed by atoms with E-state index in [1.807, 2.05) is 0 Å². The molecule has 4 N–H and O–H groups in total. The fraction of sp³-hybridized carbons (Fsp3) is 0.333. The van der Waals surface area contributed by atoms with E-state index in [2.05, 4.69) is 0 Å². The first-order valence-electron chi connectivity index (χ1n) is 2.83. The van der Waals surface area contributed by atoms with Crippen molar-refractivity contribution < 1.29 is 0 Å². The van der Waals surface area contributed by atoms with Gasteiger partial charge in [0, 0.05) is 12.1 Å². The molecular weight excluding hydrogens is 171 g/mol. The van der Waals surface area contributed by atoms with Crippen molar-refractivity contribution in [2.75, 3.05) is 0 Å². The Balaban J connectivity index is 2.88. The molecule has 0 aromatic carbocycles. The Hall–Kier alpha value is -0.180. The maximum absolute atomic E-state index is 5.77. The number of rotatable bonds is 0. The van der Waals surface area contributed by atoms with E-state index in [0.717, 1.165) is 0 Å². The van der Waals surface area contributed by atoms with Crippen molar-refractivity contribution >= 4 is 23.2 Å². The van der Waals surface area contributed by atoms with Crippen molar-refractivity contribution in [1.29, 1.82) is 0 Å². The summed E-state index contributed by atoms with van der Waals surface area (Å²) in [6, 6.07) is 0. The van der Waals surface area contributed by atoms with Crippen LogP contribution in [0.2, 0.25) is 0 Å². The number of hydrogen-bond acceptors (Lipinski definition) is 2. The number of alkyl halides is 1. The molecule has 0 bridgehead atoms. The van der Waals surface area contributed by atoms with Gasteiger partial charge < -0.3 is 11.5 Å². The maximum Gasteiger partial charge on any atom is 0.131 e. The van der Waals surface area contributed by atoms with Gasteiger partial charge in [-0.2, -0.15) is 0 Å². The summed E-state index contributed by atoms with van der Waals surface area (Å²) in [5, 5.41) is 0.397. The van der Waals surface area contributed by atoms with Gasteiger partial charge in [0.25, 0.3) is 0 Å². The van der Waals surface area contributed by atoms with Crippen molar-refractivity contribution in [3.05, 3.63) is 22.9 Å². The molecule has 0 heterocycles. The quantitative estimate of drug-likeness (QED) is 0.434. The van der Waals surface area contributed by atoms with Gasteiger partial charge in [-0.1, -0.05) is 29.3 Å². The average Bonchev–Trinajstić information content (AvgIpc) is 1.81. The van der Waals surface area contributed by atoms with E-state index in [4.69, 9.17) is 34.7 Å². The summed E-state index contributed by atoms with van der Waals surface area (Å²) < 4.78 is 0. The van der Waals surface area contributed by atoms with Crippen LogP contribution in [0.5, 0.6) is 0 Å². The van der Waals surface area contributed by atoms with Crippen LogP contribution in [-0.4, -0.2) is 5.00 Å². The minimum absolute atomic E-state index is 0.397. The van der Waals surface area contributed by atoms with Gasteiger partial charge in [0.2, 0.25) is 0 Å². The minimum atomic E-state index is -0.940. The Labute approximate surface area is 69.5 Å². The molecule has 0 aromatic heterocycles. The molecule has 0 fully saturated rings. The second-order valence-electron chi connectivity index (χ2n) is 2.26. The molecule has 1 aliphatic carbocycles. The Morgan fingerprint density at radius 3 is 2.60 bits per heavy atom. The van der Waals surface area contributed by atoms with E-state index >= 15 is 0 Å². The van der Waals surface area contributed by atoms with Crippen molar-refractivity contribution in [2.45, 2.75) is 11.4 Å². The van der Waals surface area contributed by atoms with E-state index in [-0.39, 0.29) is 0 Å². The lowest BCUT2D eigenvalue weighted by Crippen LogP contribution is -2.34. The highest BCUT2D eigenvalue weighted by molar-refractivity contribution is 6.39. The maximum atomic E-state index is 5.77. The predicted molar refractivity (Wildman–Crippen MR) is 43.6 cm³/mol. The Bertz CT molecular complexity index is 206. The zero-order valence-electron chi connectivity index (χ0n) is 5.27. The van der Waals surface area contributed by atoms with Gasteiger partial charge in [0.05, 0.1) is 5.03 Å². The predicted octanol–water partition coefficient (Wildman–Crippen LogP) is 1.25. The number of allylic oxidation sites excluding steroid dienone is 1. The van der Waals surface area contributed by atoms with E-state index < -0.39 is 5.00 Å². The molecule has 0 aromatic rings. The van der Waals surface area contributed by atoms with Gasteiger partial charge in [-0.25, -0.2) is 0 Å². The van der Waals surface area contributed by atoms with Crippen LogP contribution in [0.15, 0.2) is 22.9 Å².